The van der Waals surface area contributed by atoms with Gasteiger partial charge in [-0.3, -0.25) is 9.78 Å². The zero-order valence-electron chi connectivity index (χ0n) is 16.9. The van der Waals surface area contributed by atoms with Crippen LogP contribution in [0.25, 0.3) is 10.9 Å². The fourth-order valence-corrected chi connectivity index (χ4v) is 6.03. The highest BCUT2D eigenvalue weighted by Gasteiger charge is 2.65. The number of nitrogens with zero attached hydrogens (tertiary/aromatic N) is 1. The zero-order chi connectivity index (χ0) is 20.9. The van der Waals surface area contributed by atoms with Gasteiger partial charge in [-0.25, -0.2) is 4.39 Å². The lowest BCUT2D eigenvalue weighted by Crippen LogP contribution is -2.22. The summed E-state index contributed by atoms with van der Waals surface area (Å²) in [6.07, 6.45) is 5.99. The summed E-state index contributed by atoms with van der Waals surface area (Å²) in [6.45, 7) is 2.22. The summed E-state index contributed by atoms with van der Waals surface area (Å²) in [5, 5.41) is 4.04. The maximum absolute atomic E-state index is 13.8. The predicted octanol–water partition coefficient (Wildman–Crippen LogP) is 6.53. The molecule has 1 N–H and O–H groups in total. The van der Waals surface area contributed by atoms with Gasteiger partial charge in [0.25, 0.3) is 0 Å². The van der Waals surface area contributed by atoms with Gasteiger partial charge in [-0.1, -0.05) is 6.92 Å². The molecule has 2 aliphatic carbocycles. The van der Waals surface area contributed by atoms with Crippen molar-refractivity contribution in [1.29, 1.82) is 0 Å². The van der Waals surface area contributed by atoms with Crippen molar-refractivity contribution in [2.45, 2.75) is 38.5 Å². The lowest BCUT2D eigenvalue weighted by Gasteiger charge is -2.30. The second kappa shape index (κ2) is 7.59. The molecule has 2 fully saturated rings. The van der Waals surface area contributed by atoms with E-state index < -0.39 is 0 Å². The van der Waals surface area contributed by atoms with Crippen molar-refractivity contribution in [3.05, 3.63) is 69.7 Å². The van der Waals surface area contributed by atoms with Crippen LogP contribution in [0.3, 0.4) is 0 Å². The maximum atomic E-state index is 13.8. The number of aromatic nitrogens is 1. The normalized spacial score (nSPS) is 27.9. The minimum Gasteiger partial charge on any atom is -0.326 e. The van der Waals surface area contributed by atoms with Crippen molar-refractivity contribution in [1.82, 2.24) is 4.98 Å². The molecule has 0 aliphatic heterocycles. The number of carbonyl (C=O) groups is 1. The molecule has 2 aliphatic rings. The van der Waals surface area contributed by atoms with E-state index in [1.807, 2.05) is 36.5 Å². The van der Waals surface area contributed by atoms with Crippen molar-refractivity contribution in [2.75, 3.05) is 5.32 Å². The van der Waals surface area contributed by atoms with Crippen molar-refractivity contribution in [3.8, 4) is 0 Å². The third kappa shape index (κ3) is 3.41. The number of hydrogen-bond donors (Lipinski definition) is 1. The number of benzene rings is 2. The molecule has 30 heavy (non-hydrogen) atoms. The number of fused-ring (bicyclic) bond motifs is 1. The number of rotatable bonds is 3. The molecule has 2 saturated carbocycles. The minimum atomic E-state index is -0.216. The Balaban J connectivity index is 1.29. The van der Waals surface area contributed by atoms with Crippen LogP contribution in [0.15, 0.2) is 54.7 Å². The minimum absolute atomic E-state index is 0.0874. The van der Waals surface area contributed by atoms with Crippen LogP contribution in [-0.4, -0.2) is 10.9 Å². The topological polar surface area (TPSA) is 42.0 Å². The number of hydrogen-bond acceptors (Lipinski definition) is 2. The SMILES string of the molecule is CC1[C@H](C(=O)Nc2ccc(I)cc2)C12CCC(c1ccnc3ccc(F)cc13)CC2. The van der Waals surface area contributed by atoms with Crippen molar-refractivity contribution >= 4 is 45.1 Å². The summed E-state index contributed by atoms with van der Waals surface area (Å²) < 4.78 is 15.0. The largest absolute Gasteiger partial charge is 0.326 e. The molecule has 1 aromatic heterocycles. The van der Waals surface area contributed by atoms with Crippen LogP contribution in [-0.2, 0) is 4.79 Å². The summed E-state index contributed by atoms with van der Waals surface area (Å²) in [7, 11) is 0. The van der Waals surface area contributed by atoms with Gasteiger partial charge in [0.2, 0.25) is 5.91 Å². The lowest BCUT2D eigenvalue weighted by atomic mass is 9.74. The van der Waals surface area contributed by atoms with Gasteiger partial charge < -0.3 is 5.32 Å². The smallest absolute Gasteiger partial charge is 0.228 e. The van der Waals surface area contributed by atoms with E-state index in [-0.39, 0.29) is 23.1 Å². The molecule has 2 aromatic carbocycles. The van der Waals surface area contributed by atoms with Gasteiger partial charge in [-0.15, -0.1) is 0 Å². The van der Waals surface area contributed by atoms with Gasteiger partial charge >= 0.3 is 0 Å². The molecule has 0 bridgehead atoms. The third-order valence-electron chi connectivity index (χ3n) is 7.40. The van der Waals surface area contributed by atoms with E-state index in [1.165, 1.54) is 11.6 Å². The first kappa shape index (κ1) is 19.9. The molecule has 1 heterocycles. The first-order chi connectivity index (χ1) is 14.5. The molecule has 3 nitrogen and oxygen atoms in total. The van der Waals surface area contributed by atoms with Gasteiger partial charge in [0.05, 0.1) is 5.52 Å². The zero-order valence-corrected chi connectivity index (χ0v) is 19.0. The summed E-state index contributed by atoms with van der Waals surface area (Å²) in [5.74, 6) is 0.833. The Morgan fingerprint density at radius 3 is 2.60 bits per heavy atom. The molecule has 5 heteroatoms. The Hall–Kier alpha value is -2.02. The number of halogens is 2. The Bertz CT molecular complexity index is 1110. The molecule has 2 atom stereocenters. The van der Waals surface area contributed by atoms with Crippen LogP contribution in [0.1, 0.15) is 44.1 Å². The molecule has 154 valence electrons. The first-order valence-electron chi connectivity index (χ1n) is 10.6. The molecule has 1 unspecified atom stereocenters. The molecule has 1 amide bonds. The van der Waals surface area contributed by atoms with Crippen molar-refractivity contribution in [2.24, 2.45) is 17.3 Å². The average Bonchev–Trinajstić information content (AvgIpc) is 3.32. The van der Waals surface area contributed by atoms with E-state index in [4.69, 9.17) is 0 Å². The van der Waals surface area contributed by atoms with E-state index in [0.29, 0.717) is 11.8 Å². The second-order valence-corrected chi connectivity index (χ2v) is 10.1. The molecule has 0 radical (unpaired) electrons. The molecule has 1 spiro atoms. The third-order valence-corrected chi connectivity index (χ3v) is 8.12. The monoisotopic (exact) mass is 514 g/mol. The summed E-state index contributed by atoms with van der Waals surface area (Å²) in [6, 6.07) is 14.8. The Morgan fingerprint density at radius 1 is 1.13 bits per heavy atom. The van der Waals surface area contributed by atoms with E-state index in [2.05, 4.69) is 39.8 Å². The molecular weight excluding hydrogens is 490 g/mol. The van der Waals surface area contributed by atoms with Gasteiger partial charge in [0.15, 0.2) is 0 Å². The average molecular weight is 514 g/mol. The number of anilines is 1. The highest BCUT2D eigenvalue weighted by atomic mass is 127. The van der Waals surface area contributed by atoms with E-state index in [0.717, 1.165) is 45.8 Å². The van der Waals surface area contributed by atoms with Crippen molar-refractivity contribution < 1.29 is 9.18 Å². The standard InChI is InChI=1S/C25H24FIN2O/c1-15-23(24(30)29-19-5-3-18(27)4-6-19)25(15)11-8-16(9-12-25)20-10-13-28-22-7-2-17(26)14-21(20)22/h2-7,10,13-16,23H,8-9,11-12H2,1H3,(H,29,30)/t15?,16?,23-,25?/m1/s1. The number of carbonyl (C=O) groups excluding carboxylic acids is 1. The quantitative estimate of drug-likeness (QED) is 0.404. The highest BCUT2D eigenvalue weighted by molar-refractivity contribution is 14.1. The fourth-order valence-electron chi connectivity index (χ4n) is 5.67. The molecule has 5 rings (SSSR count). The number of pyridine rings is 1. The van der Waals surface area contributed by atoms with Crippen LogP contribution >= 0.6 is 22.6 Å². The summed E-state index contributed by atoms with van der Waals surface area (Å²) in [4.78, 5) is 17.3. The molecular formula is C25H24FIN2O. The number of nitrogens with one attached hydrogen (secondary N) is 1. The van der Waals surface area contributed by atoms with Crippen LogP contribution in [0.5, 0.6) is 0 Å². The highest BCUT2D eigenvalue weighted by Crippen LogP contribution is 2.67. The number of amides is 1. The maximum Gasteiger partial charge on any atom is 0.228 e. The molecule has 3 aromatic rings. The van der Waals surface area contributed by atoms with Crippen molar-refractivity contribution in [3.63, 3.8) is 0 Å². The van der Waals surface area contributed by atoms with Crippen LogP contribution < -0.4 is 5.32 Å². The second-order valence-electron chi connectivity index (χ2n) is 8.83. The predicted molar refractivity (Wildman–Crippen MR) is 126 cm³/mol. The Kier molecular flexibility index (Phi) is 5.04. The van der Waals surface area contributed by atoms with Gasteiger partial charge in [0.1, 0.15) is 5.82 Å². The van der Waals surface area contributed by atoms with Gasteiger partial charge in [0, 0.05) is 26.8 Å². The summed E-state index contributed by atoms with van der Waals surface area (Å²) in [5.41, 5.74) is 3.04. The van der Waals surface area contributed by atoms with Crippen LogP contribution in [0.2, 0.25) is 0 Å². The summed E-state index contributed by atoms with van der Waals surface area (Å²) >= 11 is 2.27. The van der Waals surface area contributed by atoms with Gasteiger partial charge in [-0.05, 0) is 120 Å². The Morgan fingerprint density at radius 2 is 1.87 bits per heavy atom. The fraction of sp³-hybridized carbons (Fsp3) is 0.360. The first-order valence-corrected chi connectivity index (χ1v) is 11.7. The van der Waals surface area contributed by atoms with Crippen LogP contribution in [0.4, 0.5) is 10.1 Å². The van der Waals surface area contributed by atoms with Crippen LogP contribution in [0, 0.1) is 26.6 Å². The van der Waals surface area contributed by atoms with Gasteiger partial charge in [-0.2, -0.15) is 0 Å². The molecule has 0 saturated heterocycles. The van der Waals surface area contributed by atoms with E-state index in [1.54, 1.807) is 12.1 Å². The van der Waals surface area contributed by atoms with E-state index in [9.17, 15) is 9.18 Å². The van der Waals surface area contributed by atoms with E-state index >= 15 is 0 Å². The Labute approximate surface area is 189 Å². The lowest BCUT2D eigenvalue weighted by molar-refractivity contribution is -0.118.